The molecule has 0 aliphatic carbocycles. The van der Waals surface area contributed by atoms with Gasteiger partial charge in [-0.1, -0.05) is 12.1 Å². The van der Waals surface area contributed by atoms with E-state index in [1.165, 1.54) is 0 Å². The number of carbonyl (C=O) groups is 1. The zero-order valence-electron chi connectivity index (χ0n) is 11.1. The highest BCUT2D eigenvalue weighted by Gasteiger charge is 2.57. The summed E-state index contributed by atoms with van der Waals surface area (Å²) in [7, 11) is 0. The van der Waals surface area contributed by atoms with Crippen molar-refractivity contribution >= 4 is 5.97 Å². The van der Waals surface area contributed by atoms with Gasteiger partial charge in [0, 0.05) is 6.54 Å². The third-order valence-electron chi connectivity index (χ3n) is 3.25. The Hall–Kier alpha value is -1.96. The minimum atomic E-state index is -4.92. The number of nitrogens with one attached hydrogen (secondary N) is 1. The van der Waals surface area contributed by atoms with Gasteiger partial charge in [-0.15, -0.1) is 0 Å². The first kappa shape index (κ1) is 15.4. The second kappa shape index (κ2) is 5.44. The summed E-state index contributed by atoms with van der Waals surface area (Å²) in [4.78, 5) is 10.9. The Morgan fingerprint density at radius 3 is 2.57 bits per heavy atom. The Balaban J connectivity index is 2.02. The van der Waals surface area contributed by atoms with Crippen molar-refractivity contribution in [1.29, 1.82) is 0 Å². The number of alkyl halides is 3. The zero-order chi connectivity index (χ0) is 15.7. The average Bonchev–Trinajstić information content (AvgIpc) is 2.43. The lowest BCUT2D eigenvalue weighted by Crippen LogP contribution is -2.62. The van der Waals surface area contributed by atoms with E-state index in [0.717, 1.165) is 0 Å². The highest BCUT2D eigenvalue weighted by Crippen LogP contribution is 2.32. The first-order valence-electron chi connectivity index (χ1n) is 6.17. The van der Waals surface area contributed by atoms with E-state index in [9.17, 15) is 18.0 Å². The molecule has 1 heterocycles. The number of para-hydroxylation sites is 2. The van der Waals surface area contributed by atoms with E-state index in [0.29, 0.717) is 18.4 Å². The van der Waals surface area contributed by atoms with Gasteiger partial charge in [0.1, 0.15) is 12.7 Å². The van der Waals surface area contributed by atoms with Crippen LogP contribution in [0.4, 0.5) is 13.2 Å². The summed E-state index contributed by atoms with van der Waals surface area (Å²) < 4.78 is 49.3. The number of fused-ring (bicyclic) bond motifs is 1. The molecule has 0 saturated carbocycles. The van der Waals surface area contributed by atoms with Gasteiger partial charge in [0.25, 0.3) is 0 Å². The molecule has 1 aliphatic rings. The molecule has 2 unspecified atom stereocenters. The number of rotatable bonds is 4. The summed E-state index contributed by atoms with van der Waals surface area (Å²) in [6.07, 6.45) is -5.63. The van der Waals surface area contributed by atoms with Gasteiger partial charge in [0.15, 0.2) is 11.5 Å². The van der Waals surface area contributed by atoms with E-state index in [1.54, 1.807) is 24.3 Å². The smallest absolute Gasteiger partial charge is 0.417 e. The molecule has 0 aromatic heterocycles. The number of carboxylic acid groups (broad SMARTS) is 1. The van der Waals surface area contributed by atoms with Crippen LogP contribution in [0.2, 0.25) is 0 Å². The Morgan fingerprint density at radius 2 is 2.00 bits per heavy atom. The molecular weight excluding hydrogens is 291 g/mol. The molecule has 21 heavy (non-hydrogen) atoms. The summed E-state index contributed by atoms with van der Waals surface area (Å²) in [5.41, 5.74) is -3.03. The molecule has 0 saturated heterocycles. The second-order valence-electron chi connectivity index (χ2n) is 4.81. The van der Waals surface area contributed by atoms with Crippen LogP contribution in [0, 0.1) is 0 Å². The lowest BCUT2D eigenvalue weighted by molar-refractivity contribution is -0.206. The van der Waals surface area contributed by atoms with Gasteiger partial charge in [0.05, 0.1) is 0 Å². The molecule has 1 aromatic carbocycles. The van der Waals surface area contributed by atoms with Crippen LogP contribution in [0.3, 0.4) is 0 Å². The van der Waals surface area contributed by atoms with Crippen LogP contribution in [0.5, 0.6) is 11.5 Å². The molecular formula is C13H14F3NO4. The van der Waals surface area contributed by atoms with Crippen LogP contribution in [0.15, 0.2) is 24.3 Å². The number of carboxylic acids is 1. The highest BCUT2D eigenvalue weighted by atomic mass is 19.4. The number of hydrogen-bond donors (Lipinski definition) is 2. The Labute approximate surface area is 118 Å². The third kappa shape index (κ3) is 3.05. The summed E-state index contributed by atoms with van der Waals surface area (Å²) in [6.45, 7) is 0.307. The molecule has 0 radical (unpaired) electrons. The van der Waals surface area contributed by atoms with Crippen molar-refractivity contribution in [2.75, 3.05) is 13.2 Å². The molecule has 1 aromatic rings. The maximum absolute atomic E-state index is 12.8. The predicted octanol–water partition coefficient (Wildman–Crippen LogP) is 1.82. The number of aliphatic carboxylic acids is 1. The summed E-state index contributed by atoms with van der Waals surface area (Å²) in [5, 5.41) is 10.8. The van der Waals surface area contributed by atoms with Gasteiger partial charge in [-0.25, -0.2) is 4.79 Å². The SMILES string of the molecule is CC(NCC1COc2ccccc2O1)(C(=O)O)C(F)(F)F. The van der Waals surface area contributed by atoms with Crippen molar-refractivity contribution in [1.82, 2.24) is 5.32 Å². The van der Waals surface area contributed by atoms with E-state index in [-0.39, 0.29) is 13.2 Å². The first-order valence-corrected chi connectivity index (χ1v) is 6.17. The van der Waals surface area contributed by atoms with Gasteiger partial charge in [-0.2, -0.15) is 13.2 Å². The average molecular weight is 305 g/mol. The molecule has 0 amide bonds. The Morgan fingerprint density at radius 1 is 1.38 bits per heavy atom. The molecule has 0 fully saturated rings. The lowest BCUT2D eigenvalue weighted by atomic mass is 10.0. The fourth-order valence-corrected chi connectivity index (χ4v) is 1.78. The van der Waals surface area contributed by atoms with Crippen LogP contribution in [0.1, 0.15) is 6.92 Å². The minimum absolute atomic E-state index is 0.0393. The Bertz CT molecular complexity index is 534. The van der Waals surface area contributed by atoms with Gasteiger partial charge in [-0.05, 0) is 19.1 Å². The Kier molecular flexibility index (Phi) is 3.99. The third-order valence-corrected chi connectivity index (χ3v) is 3.25. The molecule has 5 nitrogen and oxygen atoms in total. The fourth-order valence-electron chi connectivity index (χ4n) is 1.78. The normalized spacial score (nSPS) is 20.7. The number of hydrogen-bond acceptors (Lipinski definition) is 4. The summed E-state index contributed by atoms with van der Waals surface area (Å²) >= 11 is 0. The topological polar surface area (TPSA) is 67.8 Å². The molecule has 2 N–H and O–H groups in total. The van der Waals surface area contributed by atoms with Crippen LogP contribution >= 0.6 is 0 Å². The van der Waals surface area contributed by atoms with Crippen molar-refractivity contribution in [3.05, 3.63) is 24.3 Å². The monoisotopic (exact) mass is 305 g/mol. The largest absolute Gasteiger partial charge is 0.486 e. The number of halogens is 3. The summed E-state index contributed by atoms with van der Waals surface area (Å²) in [6, 6.07) is 6.75. The quantitative estimate of drug-likeness (QED) is 0.888. The molecule has 0 bridgehead atoms. The summed E-state index contributed by atoms with van der Waals surface area (Å²) in [5.74, 6) is -1.07. The van der Waals surface area contributed by atoms with Gasteiger partial charge < -0.3 is 14.6 Å². The van der Waals surface area contributed by atoms with E-state index >= 15 is 0 Å². The van der Waals surface area contributed by atoms with Crippen molar-refractivity contribution in [3.8, 4) is 11.5 Å². The molecule has 1 aliphatic heterocycles. The molecule has 2 rings (SSSR count). The van der Waals surface area contributed by atoms with Gasteiger partial charge in [-0.3, -0.25) is 5.32 Å². The van der Waals surface area contributed by atoms with E-state index < -0.39 is 23.8 Å². The van der Waals surface area contributed by atoms with Crippen LogP contribution in [-0.2, 0) is 4.79 Å². The van der Waals surface area contributed by atoms with Crippen LogP contribution < -0.4 is 14.8 Å². The number of benzene rings is 1. The lowest BCUT2D eigenvalue weighted by Gasteiger charge is -2.32. The van der Waals surface area contributed by atoms with Gasteiger partial charge >= 0.3 is 12.1 Å². The van der Waals surface area contributed by atoms with Crippen molar-refractivity contribution < 1.29 is 32.5 Å². The van der Waals surface area contributed by atoms with Crippen LogP contribution in [-0.4, -0.2) is 42.0 Å². The van der Waals surface area contributed by atoms with Crippen molar-refractivity contribution in [2.45, 2.75) is 24.7 Å². The molecule has 2 atom stereocenters. The first-order chi connectivity index (χ1) is 9.74. The molecule has 0 spiro atoms. The fraction of sp³-hybridized carbons (Fsp3) is 0.462. The van der Waals surface area contributed by atoms with Crippen molar-refractivity contribution in [3.63, 3.8) is 0 Å². The molecule has 116 valence electrons. The van der Waals surface area contributed by atoms with E-state index in [1.807, 2.05) is 5.32 Å². The second-order valence-corrected chi connectivity index (χ2v) is 4.81. The standard InChI is InChI=1S/C13H14F3NO4/c1-12(11(18)19,13(14,15)16)17-6-8-7-20-9-4-2-3-5-10(9)21-8/h2-5,8,17H,6-7H2,1H3,(H,18,19). The zero-order valence-corrected chi connectivity index (χ0v) is 11.1. The van der Waals surface area contributed by atoms with Gasteiger partial charge in [0.2, 0.25) is 5.54 Å². The van der Waals surface area contributed by atoms with Crippen LogP contribution in [0.25, 0.3) is 0 Å². The number of ether oxygens (including phenoxy) is 2. The van der Waals surface area contributed by atoms with E-state index in [2.05, 4.69) is 0 Å². The predicted molar refractivity (Wildman–Crippen MR) is 66.5 cm³/mol. The maximum Gasteiger partial charge on any atom is 0.417 e. The minimum Gasteiger partial charge on any atom is -0.486 e. The van der Waals surface area contributed by atoms with Crippen molar-refractivity contribution in [2.24, 2.45) is 0 Å². The maximum atomic E-state index is 12.8. The van der Waals surface area contributed by atoms with E-state index in [4.69, 9.17) is 14.6 Å². The molecule has 8 heteroatoms. The highest BCUT2D eigenvalue weighted by molar-refractivity contribution is 5.79.